The molecule has 0 aromatic rings. The first-order chi connectivity index (χ1) is 4.50. The van der Waals surface area contributed by atoms with Crippen LogP contribution in [0.4, 0.5) is 0 Å². The van der Waals surface area contributed by atoms with Gasteiger partial charge in [0.05, 0.1) is 0 Å². The van der Waals surface area contributed by atoms with Crippen molar-refractivity contribution in [2.45, 2.75) is 0 Å². The van der Waals surface area contributed by atoms with Gasteiger partial charge in [-0.3, -0.25) is 0 Å². The molecule has 0 bridgehead atoms. The summed E-state index contributed by atoms with van der Waals surface area (Å²) in [6.07, 6.45) is 0. The monoisotopic (exact) mass is 336 g/mol. The summed E-state index contributed by atoms with van der Waals surface area (Å²) in [6, 6.07) is 0. The minimum absolute atomic E-state index is 0. The molecule has 0 amide bonds. The quantitative estimate of drug-likeness (QED) is 0.409. The summed E-state index contributed by atoms with van der Waals surface area (Å²) in [5, 5.41) is 11.2. The van der Waals surface area contributed by atoms with Gasteiger partial charge < -0.3 is 16.0 Å². The van der Waals surface area contributed by atoms with E-state index in [1.54, 1.807) is 0 Å². The molecule has 0 aliphatic carbocycles. The summed E-state index contributed by atoms with van der Waals surface area (Å²) in [5.41, 5.74) is 0. The van der Waals surface area contributed by atoms with Crippen molar-refractivity contribution in [3.63, 3.8) is 0 Å². The van der Waals surface area contributed by atoms with E-state index in [-0.39, 0.29) is 59.4 Å². The van der Waals surface area contributed by atoms with Gasteiger partial charge in [0.1, 0.15) is 0 Å². The molecule has 0 unspecified atom stereocenters. The van der Waals surface area contributed by atoms with Crippen LogP contribution in [-0.4, -0.2) is 98.6 Å². The third-order valence-corrected chi connectivity index (χ3v) is 0.671. The van der Waals surface area contributed by atoms with Gasteiger partial charge in [-0.15, -0.1) is 0 Å². The zero-order chi connectivity index (χ0) is 6.36. The van der Waals surface area contributed by atoms with E-state index in [4.69, 9.17) is 0 Å². The van der Waals surface area contributed by atoms with E-state index >= 15 is 0 Å². The van der Waals surface area contributed by atoms with Crippen molar-refractivity contribution in [2.24, 2.45) is 0 Å². The van der Waals surface area contributed by atoms with Gasteiger partial charge in [0.25, 0.3) is 0 Å². The van der Waals surface area contributed by atoms with Gasteiger partial charge in [-0.25, -0.2) is 0 Å². The summed E-state index contributed by atoms with van der Waals surface area (Å²) in [7, 11) is 0. The Morgan fingerprint density at radius 2 is 0.500 bits per heavy atom. The maximum absolute atomic E-state index is 3.75. The fourth-order valence-corrected chi connectivity index (χ4v) is 0. The molecule has 66 valence electrons. The Balaban J connectivity index is -0.0000000900. The zero-order valence-electron chi connectivity index (χ0n) is 7.71. The average molecular weight is 338 g/mol. The van der Waals surface area contributed by atoms with E-state index in [1.165, 1.54) is 0 Å². The van der Waals surface area contributed by atoms with E-state index in [9.17, 15) is 0 Å². The second-order valence-electron chi connectivity index (χ2n) is 2.01. The molecule has 3 saturated heterocycles. The predicted octanol–water partition coefficient (Wildman–Crippen LogP) is -0.824. The Kier molecular flexibility index (Phi) is 24.7. The third-order valence-electron chi connectivity index (χ3n) is 0.671. The SMILES string of the molecule is C1C[N-]1.C1C[N-]1.C1C[N-]1.[GaH].[GaH].[GaH]. The first-order valence-electron chi connectivity index (χ1n) is 3.40. The molecular formula is C6H15Ga3N3-3. The van der Waals surface area contributed by atoms with E-state index in [2.05, 4.69) is 16.0 Å². The molecule has 3 rings (SSSR count). The molecule has 12 heavy (non-hydrogen) atoms. The van der Waals surface area contributed by atoms with Crippen LogP contribution in [-0.2, 0) is 0 Å². The Morgan fingerprint density at radius 1 is 0.417 bits per heavy atom. The van der Waals surface area contributed by atoms with Crippen LogP contribution >= 0.6 is 0 Å². The van der Waals surface area contributed by atoms with Crippen molar-refractivity contribution in [2.75, 3.05) is 39.3 Å². The van der Waals surface area contributed by atoms with Crippen molar-refractivity contribution in [3.8, 4) is 0 Å². The molecular weight excluding hydrogens is 323 g/mol. The van der Waals surface area contributed by atoms with Crippen molar-refractivity contribution < 1.29 is 0 Å². The van der Waals surface area contributed by atoms with E-state index in [1.807, 2.05) is 0 Å². The second kappa shape index (κ2) is 15.3. The molecule has 6 radical (unpaired) electrons. The van der Waals surface area contributed by atoms with Gasteiger partial charge in [-0.1, -0.05) is 0 Å². The fraction of sp³-hybridized carbons (Fsp3) is 1.00. The van der Waals surface area contributed by atoms with Crippen molar-refractivity contribution in [3.05, 3.63) is 16.0 Å². The summed E-state index contributed by atoms with van der Waals surface area (Å²) in [5.74, 6) is 0. The van der Waals surface area contributed by atoms with Crippen LogP contribution in [0.15, 0.2) is 0 Å². The van der Waals surface area contributed by atoms with Crippen LogP contribution in [0.25, 0.3) is 16.0 Å². The first kappa shape index (κ1) is 19.4. The third kappa shape index (κ3) is 59.8. The molecule has 0 aromatic heterocycles. The van der Waals surface area contributed by atoms with Gasteiger partial charge in [0, 0.05) is 0 Å². The molecule has 0 atom stereocenters. The molecule has 3 heterocycles. The number of rotatable bonds is 0. The van der Waals surface area contributed by atoms with Gasteiger partial charge in [0.2, 0.25) is 0 Å². The van der Waals surface area contributed by atoms with E-state index < -0.39 is 0 Å². The van der Waals surface area contributed by atoms with Crippen LogP contribution in [0.5, 0.6) is 0 Å². The average Bonchev–Trinajstić information content (AvgIpc) is 2.70. The van der Waals surface area contributed by atoms with Crippen molar-refractivity contribution in [1.82, 2.24) is 0 Å². The second-order valence-corrected chi connectivity index (χ2v) is 2.01. The number of nitrogens with zero attached hydrogens (tertiary/aromatic N) is 3. The molecule has 0 saturated carbocycles. The van der Waals surface area contributed by atoms with E-state index in [0.29, 0.717) is 0 Å². The zero-order valence-corrected chi connectivity index (χ0v) is 16.6. The number of hydrogen-bond acceptors (Lipinski definition) is 0. The van der Waals surface area contributed by atoms with Gasteiger partial charge in [0.15, 0.2) is 0 Å². The normalized spacial score (nSPS) is 18.0. The summed E-state index contributed by atoms with van der Waals surface area (Å²) >= 11 is 0. The summed E-state index contributed by atoms with van der Waals surface area (Å²) in [4.78, 5) is 0. The van der Waals surface area contributed by atoms with Crippen molar-refractivity contribution in [1.29, 1.82) is 0 Å². The van der Waals surface area contributed by atoms with Crippen LogP contribution in [0, 0.1) is 0 Å². The first-order valence-corrected chi connectivity index (χ1v) is 3.40. The Labute approximate surface area is 114 Å². The van der Waals surface area contributed by atoms with Crippen LogP contribution in [0.3, 0.4) is 0 Å². The standard InChI is InChI=1S/3C2H4N.3Ga.3H/c3*1-2-3-1;;;;;;/h3*1-2H2;;;;;;/q3*-1;;;;;;. The molecule has 3 nitrogen and oxygen atoms in total. The van der Waals surface area contributed by atoms with E-state index in [0.717, 1.165) is 39.3 Å². The summed E-state index contributed by atoms with van der Waals surface area (Å²) in [6.45, 7) is 6.75. The molecule has 3 aliphatic rings. The Bertz CT molecular complexity index is 46.5. The predicted molar refractivity (Wildman–Crippen MR) is 60.7 cm³/mol. The van der Waals surface area contributed by atoms with Crippen LogP contribution in [0.1, 0.15) is 0 Å². The Hall–Kier alpha value is 1.79. The molecule has 3 fully saturated rings. The van der Waals surface area contributed by atoms with Gasteiger partial charge in [-0.05, 0) is 0 Å². The van der Waals surface area contributed by atoms with Gasteiger partial charge >= 0.3 is 59.4 Å². The molecule has 6 heteroatoms. The van der Waals surface area contributed by atoms with Crippen LogP contribution < -0.4 is 0 Å². The van der Waals surface area contributed by atoms with Crippen molar-refractivity contribution >= 4 is 59.4 Å². The molecule has 0 N–H and O–H groups in total. The molecule has 0 spiro atoms. The van der Waals surface area contributed by atoms with Gasteiger partial charge in [-0.2, -0.15) is 39.3 Å². The Morgan fingerprint density at radius 3 is 0.500 bits per heavy atom. The number of hydrogen-bond donors (Lipinski definition) is 0. The van der Waals surface area contributed by atoms with Crippen LogP contribution in [0.2, 0.25) is 0 Å². The molecule has 3 aliphatic heterocycles. The fourth-order valence-electron chi connectivity index (χ4n) is 0. The maximum atomic E-state index is 3.75. The minimum atomic E-state index is 0. The topological polar surface area (TPSA) is 42.3 Å². The molecule has 0 aromatic carbocycles. The summed E-state index contributed by atoms with van der Waals surface area (Å²) < 4.78 is 0.